The molecule has 0 saturated carbocycles. The molecule has 31 heavy (non-hydrogen) atoms. The van der Waals surface area contributed by atoms with Crippen molar-refractivity contribution >= 4 is 41.0 Å². The summed E-state index contributed by atoms with van der Waals surface area (Å²) in [5.74, 6) is -0.476. The Morgan fingerprint density at radius 3 is 2.39 bits per heavy atom. The van der Waals surface area contributed by atoms with Crippen molar-refractivity contribution in [3.63, 3.8) is 0 Å². The van der Waals surface area contributed by atoms with Gasteiger partial charge in [-0.05, 0) is 36.1 Å². The van der Waals surface area contributed by atoms with E-state index in [4.69, 9.17) is 0 Å². The van der Waals surface area contributed by atoms with Crippen molar-refractivity contribution in [2.24, 2.45) is 4.99 Å². The van der Waals surface area contributed by atoms with Crippen molar-refractivity contribution in [1.29, 1.82) is 0 Å². The first-order valence-corrected chi connectivity index (χ1v) is 10.5. The van der Waals surface area contributed by atoms with Crippen LogP contribution in [0.3, 0.4) is 0 Å². The van der Waals surface area contributed by atoms with Gasteiger partial charge in [-0.15, -0.1) is 11.8 Å². The highest BCUT2D eigenvalue weighted by molar-refractivity contribution is 7.98. The number of hydrogen-bond acceptors (Lipinski definition) is 6. The Labute approximate surface area is 182 Å². The van der Waals surface area contributed by atoms with Gasteiger partial charge in [0.25, 0.3) is 11.6 Å². The zero-order valence-electron chi connectivity index (χ0n) is 16.4. The minimum atomic E-state index is -0.606. The number of carbonyl (C=O) groups is 1. The van der Waals surface area contributed by atoms with Gasteiger partial charge < -0.3 is 5.11 Å². The molecule has 0 bridgehead atoms. The molecule has 3 aromatic rings. The summed E-state index contributed by atoms with van der Waals surface area (Å²) >= 11 is 1.62. The predicted octanol–water partition coefficient (Wildman–Crippen LogP) is 4.86. The monoisotopic (exact) mass is 431 g/mol. The summed E-state index contributed by atoms with van der Waals surface area (Å²) in [4.78, 5) is 30.6. The van der Waals surface area contributed by atoms with Crippen LogP contribution in [0.15, 0.2) is 88.4 Å². The number of non-ortho nitro benzene ring substituents is 1. The highest BCUT2D eigenvalue weighted by Gasteiger charge is 2.34. The third-order valence-electron chi connectivity index (χ3n) is 4.72. The molecule has 8 heteroatoms. The van der Waals surface area contributed by atoms with Crippen molar-refractivity contribution < 1.29 is 14.8 Å². The summed E-state index contributed by atoms with van der Waals surface area (Å²) in [5.41, 5.74) is 1.55. The molecule has 4 rings (SSSR count). The first kappa shape index (κ1) is 20.4. The standard InChI is InChI=1S/C23H17N3O4S/c1-31-18-10-7-15(8-11-18)13-19-23(28)25(22(24-19)16-5-3-2-4-6-16)20-12-9-17(26(29)30)14-21(20)27/h2-14,27H,1H3/b19-13+. The molecule has 0 saturated heterocycles. The number of benzene rings is 3. The average molecular weight is 431 g/mol. The number of phenolic OH excluding ortho intramolecular Hbond substituents is 1. The zero-order valence-corrected chi connectivity index (χ0v) is 17.2. The molecule has 1 N–H and O–H groups in total. The molecule has 1 amide bonds. The fourth-order valence-electron chi connectivity index (χ4n) is 3.19. The smallest absolute Gasteiger partial charge is 0.282 e. The molecule has 3 aromatic carbocycles. The second kappa shape index (κ2) is 8.45. The normalized spacial score (nSPS) is 14.7. The second-order valence-electron chi connectivity index (χ2n) is 6.67. The molecule has 0 aromatic heterocycles. The van der Waals surface area contributed by atoms with E-state index in [9.17, 15) is 20.0 Å². The maximum absolute atomic E-state index is 13.3. The van der Waals surface area contributed by atoms with Crippen LogP contribution in [-0.4, -0.2) is 28.0 Å². The van der Waals surface area contributed by atoms with E-state index in [1.165, 1.54) is 17.0 Å². The molecular weight excluding hydrogens is 414 g/mol. The van der Waals surface area contributed by atoms with E-state index >= 15 is 0 Å². The SMILES string of the molecule is CSc1ccc(/C=C2/N=C(c3ccccc3)N(c3ccc([N+](=O)[O-])cc3O)C2=O)cc1. The Kier molecular flexibility index (Phi) is 5.55. The third kappa shape index (κ3) is 4.06. The van der Waals surface area contributed by atoms with Crippen LogP contribution in [-0.2, 0) is 4.79 Å². The highest BCUT2D eigenvalue weighted by Crippen LogP contribution is 2.36. The fourth-order valence-corrected chi connectivity index (χ4v) is 3.60. The quantitative estimate of drug-likeness (QED) is 0.269. The molecule has 0 atom stereocenters. The van der Waals surface area contributed by atoms with E-state index < -0.39 is 10.8 Å². The molecule has 0 spiro atoms. The predicted molar refractivity (Wildman–Crippen MR) is 121 cm³/mol. The topological polar surface area (TPSA) is 96.0 Å². The molecule has 0 fully saturated rings. The Balaban J connectivity index is 1.80. The summed E-state index contributed by atoms with van der Waals surface area (Å²) in [6.07, 6.45) is 3.66. The number of hydrogen-bond donors (Lipinski definition) is 1. The van der Waals surface area contributed by atoms with Crippen molar-refractivity contribution in [3.8, 4) is 5.75 Å². The number of thioether (sulfide) groups is 1. The lowest BCUT2D eigenvalue weighted by molar-refractivity contribution is -0.384. The lowest BCUT2D eigenvalue weighted by Crippen LogP contribution is -2.32. The number of nitro groups is 1. The molecule has 1 aliphatic rings. The number of nitrogens with zero attached hydrogens (tertiary/aromatic N) is 3. The van der Waals surface area contributed by atoms with Crippen LogP contribution in [0, 0.1) is 10.1 Å². The summed E-state index contributed by atoms with van der Waals surface area (Å²) in [7, 11) is 0. The number of anilines is 1. The third-order valence-corrected chi connectivity index (χ3v) is 5.47. The Morgan fingerprint density at radius 2 is 1.77 bits per heavy atom. The molecular formula is C23H17N3O4S. The van der Waals surface area contributed by atoms with Crippen molar-refractivity contribution in [1.82, 2.24) is 0 Å². The highest BCUT2D eigenvalue weighted by atomic mass is 32.2. The van der Waals surface area contributed by atoms with Gasteiger partial charge in [0.05, 0.1) is 16.7 Å². The van der Waals surface area contributed by atoms with Crippen LogP contribution in [0.4, 0.5) is 11.4 Å². The summed E-state index contributed by atoms with van der Waals surface area (Å²) in [6.45, 7) is 0. The van der Waals surface area contributed by atoms with Gasteiger partial charge in [0.1, 0.15) is 17.3 Å². The largest absolute Gasteiger partial charge is 0.505 e. The lowest BCUT2D eigenvalue weighted by atomic mass is 10.1. The van der Waals surface area contributed by atoms with E-state index in [0.717, 1.165) is 16.5 Å². The fraction of sp³-hybridized carbons (Fsp3) is 0.0435. The zero-order chi connectivity index (χ0) is 22.0. The van der Waals surface area contributed by atoms with E-state index in [0.29, 0.717) is 11.4 Å². The second-order valence-corrected chi connectivity index (χ2v) is 7.55. The summed E-state index contributed by atoms with van der Waals surface area (Å²) in [6, 6.07) is 20.4. The number of amidine groups is 1. The molecule has 1 heterocycles. The van der Waals surface area contributed by atoms with Crippen molar-refractivity contribution in [2.75, 3.05) is 11.2 Å². The van der Waals surface area contributed by atoms with Crippen LogP contribution in [0.25, 0.3) is 6.08 Å². The van der Waals surface area contributed by atoms with E-state index in [2.05, 4.69) is 4.99 Å². The van der Waals surface area contributed by atoms with E-state index in [1.54, 1.807) is 30.0 Å². The lowest BCUT2D eigenvalue weighted by Gasteiger charge is -2.19. The van der Waals surface area contributed by atoms with Crippen LogP contribution in [0.5, 0.6) is 5.75 Å². The van der Waals surface area contributed by atoms with Gasteiger partial charge in [-0.1, -0.05) is 42.5 Å². The van der Waals surface area contributed by atoms with Crippen molar-refractivity contribution in [2.45, 2.75) is 4.90 Å². The minimum Gasteiger partial charge on any atom is -0.505 e. The number of phenols is 1. The van der Waals surface area contributed by atoms with E-state index in [-0.39, 0.29) is 22.8 Å². The number of aliphatic imine (C=N–C) groups is 1. The number of carbonyl (C=O) groups excluding carboxylic acids is 1. The molecule has 0 unspecified atom stereocenters. The first-order valence-electron chi connectivity index (χ1n) is 9.29. The molecule has 7 nitrogen and oxygen atoms in total. The van der Waals surface area contributed by atoms with Gasteiger partial charge in [-0.2, -0.15) is 0 Å². The Bertz CT molecular complexity index is 1220. The number of amides is 1. The molecule has 0 aliphatic carbocycles. The summed E-state index contributed by atoms with van der Waals surface area (Å²) < 4.78 is 0. The summed E-state index contributed by atoms with van der Waals surface area (Å²) in [5, 5.41) is 21.5. The Hall–Kier alpha value is -3.91. The number of nitro benzene ring substituents is 1. The van der Waals surface area contributed by atoms with Gasteiger partial charge in [0.2, 0.25) is 0 Å². The Morgan fingerprint density at radius 1 is 1.06 bits per heavy atom. The van der Waals surface area contributed by atoms with Crippen LogP contribution in [0.2, 0.25) is 0 Å². The average Bonchev–Trinajstić information content (AvgIpc) is 3.10. The molecule has 1 aliphatic heterocycles. The maximum atomic E-state index is 13.3. The number of rotatable bonds is 5. The van der Waals surface area contributed by atoms with Crippen LogP contribution < -0.4 is 4.90 Å². The van der Waals surface area contributed by atoms with Gasteiger partial charge >= 0.3 is 0 Å². The minimum absolute atomic E-state index is 0.124. The van der Waals surface area contributed by atoms with Gasteiger partial charge in [0, 0.05) is 16.5 Å². The van der Waals surface area contributed by atoms with Gasteiger partial charge in [-0.3, -0.25) is 19.8 Å². The number of aromatic hydroxyl groups is 1. The molecule has 0 radical (unpaired) electrons. The van der Waals surface area contributed by atoms with Crippen LogP contribution >= 0.6 is 11.8 Å². The van der Waals surface area contributed by atoms with E-state index in [1.807, 2.05) is 48.7 Å². The van der Waals surface area contributed by atoms with Gasteiger partial charge in [-0.25, -0.2) is 4.99 Å². The van der Waals surface area contributed by atoms with Crippen molar-refractivity contribution in [3.05, 3.63) is 99.7 Å². The maximum Gasteiger partial charge on any atom is 0.282 e. The van der Waals surface area contributed by atoms with Crippen LogP contribution in [0.1, 0.15) is 11.1 Å². The first-order chi connectivity index (χ1) is 15.0. The molecule has 154 valence electrons. The van der Waals surface area contributed by atoms with Gasteiger partial charge in [0.15, 0.2) is 0 Å².